The van der Waals surface area contributed by atoms with E-state index in [0.717, 1.165) is 30.6 Å². The van der Waals surface area contributed by atoms with Gasteiger partial charge in [-0.15, -0.1) is 0 Å². The first-order valence-corrected chi connectivity index (χ1v) is 9.66. The number of nitrogens with one attached hydrogen (secondary N) is 2. The molecule has 1 aliphatic carbocycles. The molecule has 0 radical (unpaired) electrons. The number of benzene rings is 1. The van der Waals surface area contributed by atoms with E-state index in [-0.39, 0.29) is 30.7 Å². The van der Waals surface area contributed by atoms with Crippen molar-refractivity contribution in [1.29, 1.82) is 0 Å². The van der Waals surface area contributed by atoms with Crippen LogP contribution in [0.4, 0.5) is 0 Å². The van der Waals surface area contributed by atoms with Gasteiger partial charge in [0.1, 0.15) is 0 Å². The van der Waals surface area contributed by atoms with E-state index in [4.69, 9.17) is 9.47 Å². The van der Waals surface area contributed by atoms with Gasteiger partial charge in [-0.3, -0.25) is 9.59 Å². The number of hydrogen-bond acceptors (Lipinski definition) is 4. The van der Waals surface area contributed by atoms with Crippen molar-refractivity contribution in [2.75, 3.05) is 6.79 Å². The van der Waals surface area contributed by atoms with Crippen molar-refractivity contribution in [3.05, 3.63) is 23.8 Å². The second kappa shape index (κ2) is 7.56. The van der Waals surface area contributed by atoms with Gasteiger partial charge in [0, 0.05) is 12.5 Å². The van der Waals surface area contributed by atoms with Crippen molar-refractivity contribution in [1.82, 2.24) is 10.6 Å². The molecule has 2 heterocycles. The Kier molecular flexibility index (Phi) is 5.00. The predicted octanol–water partition coefficient (Wildman–Crippen LogP) is 2.30. The van der Waals surface area contributed by atoms with Crippen molar-refractivity contribution in [2.45, 2.75) is 63.5 Å². The summed E-state index contributed by atoms with van der Waals surface area (Å²) < 4.78 is 10.7. The van der Waals surface area contributed by atoms with Crippen LogP contribution in [0.3, 0.4) is 0 Å². The topological polar surface area (TPSA) is 76.7 Å². The standard InChI is InChI=1S/C20H26N2O4/c23-18-9-7-15(20(22-18)14-4-2-1-3-5-14)21-19(24)11-13-6-8-16-17(10-13)26-12-25-16/h6,8,10,14-15,20H,1-5,7,9,11-12H2,(H,21,24)(H,22,23). The van der Waals surface area contributed by atoms with E-state index in [1.54, 1.807) is 0 Å². The van der Waals surface area contributed by atoms with E-state index in [1.165, 1.54) is 19.3 Å². The lowest BCUT2D eigenvalue weighted by atomic mass is 9.78. The minimum atomic E-state index is -0.00850. The van der Waals surface area contributed by atoms with Crippen molar-refractivity contribution in [3.63, 3.8) is 0 Å². The van der Waals surface area contributed by atoms with Crippen LogP contribution in [-0.4, -0.2) is 30.7 Å². The van der Waals surface area contributed by atoms with Gasteiger partial charge in [0.15, 0.2) is 11.5 Å². The fourth-order valence-corrected chi connectivity index (χ4v) is 4.42. The summed E-state index contributed by atoms with van der Waals surface area (Å²) in [4.78, 5) is 24.5. The van der Waals surface area contributed by atoms with Gasteiger partial charge in [-0.05, 0) is 42.9 Å². The first-order valence-electron chi connectivity index (χ1n) is 9.66. The third kappa shape index (κ3) is 3.79. The molecule has 6 heteroatoms. The van der Waals surface area contributed by atoms with Crippen LogP contribution in [-0.2, 0) is 16.0 Å². The quantitative estimate of drug-likeness (QED) is 0.866. The van der Waals surface area contributed by atoms with Crippen LogP contribution in [0.5, 0.6) is 11.5 Å². The molecule has 0 bridgehead atoms. The molecule has 140 valence electrons. The maximum absolute atomic E-state index is 12.6. The van der Waals surface area contributed by atoms with E-state index in [0.29, 0.717) is 24.5 Å². The summed E-state index contributed by atoms with van der Waals surface area (Å²) >= 11 is 0. The predicted molar refractivity (Wildman–Crippen MR) is 95.9 cm³/mol. The third-order valence-electron chi connectivity index (χ3n) is 5.75. The molecule has 0 spiro atoms. The van der Waals surface area contributed by atoms with Gasteiger partial charge in [-0.2, -0.15) is 0 Å². The first kappa shape index (κ1) is 17.2. The van der Waals surface area contributed by atoms with Crippen LogP contribution in [0, 0.1) is 5.92 Å². The lowest BCUT2D eigenvalue weighted by Crippen LogP contribution is -2.58. The van der Waals surface area contributed by atoms with Gasteiger partial charge in [0.2, 0.25) is 18.6 Å². The Morgan fingerprint density at radius 2 is 1.92 bits per heavy atom. The van der Waals surface area contributed by atoms with Crippen LogP contribution in [0.1, 0.15) is 50.5 Å². The second-order valence-corrected chi connectivity index (χ2v) is 7.57. The van der Waals surface area contributed by atoms with Gasteiger partial charge in [0.25, 0.3) is 0 Å². The number of ether oxygens (including phenoxy) is 2. The van der Waals surface area contributed by atoms with Gasteiger partial charge < -0.3 is 20.1 Å². The molecular formula is C20H26N2O4. The maximum Gasteiger partial charge on any atom is 0.231 e. The third-order valence-corrected chi connectivity index (χ3v) is 5.75. The van der Waals surface area contributed by atoms with Crippen LogP contribution >= 0.6 is 0 Å². The number of rotatable bonds is 4. The van der Waals surface area contributed by atoms with E-state index >= 15 is 0 Å². The number of amides is 2. The fraction of sp³-hybridized carbons (Fsp3) is 0.600. The zero-order valence-corrected chi connectivity index (χ0v) is 15.0. The average molecular weight is 358 g/mol. The van der Waals surface area contributed by atoms with Gasteiger partial charge in [-0.1, -0.05) is 25.3 Å². The largest absolute Gasteiger partial charge is 0.454 e. The highest BCUT2D eigenvalue weighted by molar-refractivity contribution is 5.81. The molecule has 2 atom stereocenters. The molecular weight excluding hydrogens is 332 g/mol. The van der Waals surface area contributed by atoms with Crippen molar-refractivity contribution >= 4 is 11.8 Å². The Balaban J connectivity index is 1.39. The molecule has 1 aromatic carbocycles. The maximum atomic E-state index is 12.6. The molecule has 6 nitrogen and oxygen atoms in total. The molecule has 0 aromatic heterocycles. The Bertz CT molecular complexity index is 684. The minimum Gasteiger partial charge on any atom is -0.454 e. The summed E-state index contributed by atoms with van der Waals surface area (Å²) in [7, 11) is 0. The molecule has 2 N–H and O–H groups in total. The lowest BCUT2D eigenvalue weighted by molar-refractivity contribution is -0.127. The molecule has 2 unspecified atom stereocenters. The van der Waals surface area contributed by atoms with Gasteiger partial charge >= 0.3 is 0 Å². The van der Waals surface area contributed by atoms with Gasteiger partial charge in [-0.25, -0.2) is 0 Å². The fourth-order valence-electron chi connectivity index (χ4n) is 4.42. The smallest absolute Gasteiger partial charge is 0.231 e. The molecule has 1 saturated heterocycles. The summed E-state index contributed by atoms with van der Waals surface area (Å²) in [5.41, 5.74) is 0.904. The summed E-state index contributed by atoms with van der Waals surface area (Å²) in [6, 6.07) is 5.70. The molecule has 2 fully saturated rings. The Morgan fingerprint density at radius 1 is 1.12 bits per heavy atom. The molecule has 3 aliphatic rings. The number of carbonyl (C=O) groups excluding carboxylic acids is 2. The van der Waals surface area contributed by atoms with Crippen LogP contribution < -0.4 is 20.1 Å². The highest BCUT2D eigenvalue weighted by Crippen LogP contribution is 2.33. The summed E-state index contributed by atoms with van der Waals surface area (Å²) in [6.45, 7) is 0.232. The second-order valence-electron chi connectivity index (χ2n) is 7.57. The van der Waals surface area contributed by atoms with Gasteiger partial charge in [0.05, 0.1) is 12.5 Å². The normalized spacial score (nSPS) is 25.6. The Morgan fingerprint density at radius 3 is 2.77 bits per heavy atom. The number of hydrogen-bond donors (Lipinski definition) is 2. The number of fused-ring (bicyclic) bond motifs is 1. The number of piperidine rings is 1. The van der Waals surface area contributed by atoms with Crippen molar-refractivity contribution in [2.24, 2.45) is 5.92 Å². The van der Waals surface area contributed by atoms with E-state index in [2.05, 4.69) is 10.6 Å². The molecule has 4 rings (SSSR count). The van der Waals surface area contributed by atoms with Crippen LogP contribution in [0.25, 0.3) is 0 Å². The van der Waals surface area contributed by atoms with E-state index in [1.807, 2.05) is 18.2 Å². The average Bonchev–Trinajstić information content (AvgIpc) is 3.11. The summed E-state index contributed by atoms with van der Waals surface area (Å²) in [5.74, 6) is 2.00. The summed E-state index contributed by atoms with van der Waals surface area (Å²) in [6.07, 6.45) is 7.50. The zero-order chi connectivity index (χ0) is 17.9. The molecule has 1 aromatic rings. The van der Waals surface area contributed by atoms with Crippen LogP contribution in [0.2, 0.25) is 0 Å². The first-order chi connectivity index (χ1) is 12.7. The summed E-state index contributed by atoms with van der Waals surface area (Å²) in [5, 5.41) is 6.33. The number of carbonyl (C=O) groups is 2. The molecule has 2 aliphatic heterocycles. The molecule has 26 heavy (non-hydrogen) atoms. The van der Waals surface area contributed by atoms with Crippen molar-refractivity contribution < 1.29 is 19.1 Å². The highest BCUT2D eigenvalue weighted by Gasteiger charge is 2.35. The van der Waals surface area contributed by atoms with E-state index < -0.39 is 0 Å². The SMILES string of the molecule is O=C(Cc1ccc2c(c1)OCO2)NC1CCC(=O)NC1C1CCCCC1. The molecule has 2 amide bonds. The van der Waals surface area contributed by atoms with E-state index in [9.17, 15) is 9.59 Å². The Hall–Kier alpha value is -2.24. The van der Waals surface area contributed by atoms with Crippen LogP contribution in [0.15, 0.2) is 18.2 Å². The zero-order valence-electron chi connectivity index (χ0n) is 15.0. The Labute approximate surface area is 153 Å². The van der Waals surface area contributed by atoms with Crippen molar-refractivity contribution in [3.8, 4) is 11.5 Å². The monoisotopic (exact) mass is 358 g/mol. The highest BCUT2D eigenvalue weighted by atomic mass is 16.7. The molecule has 1 saturated carbocycles. The minimum absolute atomic E-state index is 0.00850. The lowest BCUT2D eigenvalue weighted by Gasteiger charge is -2.39.